The summed E-state index contributed by atoms with van der Waals surface area (Å²) in [5, 5.41) is 3.09. The topological polar surface area (TPSA) is 96.9 Å². The fourth-order valence-corrected chi connectivity index (χ4v) is 4.44. The van der Waals surface area contributed by atoms with E-state index in [1.807, 2.05) is 12.1 Å². The van der Waals surface area contributed by atoms with Crippen LogP contribution in [0, 0.1) is 0 Å². The van der Waals surface area contributed by atoms with Crippen molar-refractivity contribution in [2.24, 2.45) is 0 Å². The molecule has 2 aliphatic rings. The van der Waals surface area contributed by atoms with Crippen LogP contribution < -0.4 is 19.7 Å². The number of ether oxygens (including phenoxy) is 2. The van der Waals surface area contributed by atoms with Gasteiger partial charge in [0.1, 0.15) is 12.6 Å². The van der Waals surface area contributed by atoms with Crippen molar-refractivity contribution in [1.29, 1.82) is 0 Å². The number of amides is 3. The first kappa shape index (κ1) is 23.8. The van der Waals surface area contributed by atoms with E-state index >= 15 is 0 Å². The molecule has 0 atom stereocenters. The van der Waals surface area contributed by atoms with Gasteiger partial charge in [-0.3, -0.25) is 14.7 Å². The lowest BCUT2D eigenvalue weighted by Crippen LogP contribution is -2.45. The van der Waals surface area contributed by atoms with Gasteiger partial charge >= 0.3 is 6.03 Å². The molecule has 2 fully saturated rings. The van der Waals surface area contributed by atoms with E-state index in [0.29, 0.717) is 30.8 Å². The third-order valence-corrected chi connectivity index (χ3v) is 6.43. The zero-order valence-corrected chi connectivity index (χ0v) is 20.1. The molecule has 1 saturated heterocycles. The Labute approximate surface area is 200 Å². The second-order valence-corrected chi connectivity index (χ2v) is 9.16. The quantitative estimate of drug-likeness (QED) is 0.640. The minimum absolute atomic E-state index is 0.0327. The Hall–Kier alpha value is -3.36. The van der Waals surface area contributed by atoms with E-state index < -0.39 is 0 Å². The van der Waals surface area contributed by atoms with E-state index in [9.17, 15) is 9.59 Å². The summed E-state index contributed by atoms with van der Waals surface area (Å²) in [5.41, 5.74) is 2.11. The molecule has 0 unspecified atom stereocenters. The predicted molar refractivity (Wildman–Crippen MR) is 128 cm³/mol. The van der Waals surface area contributed by atoms with Crippen molar-refractivity contribution < 1.29 is 19.1 Å². The molecule has 9 nitrogen and oxygen atoms in total. The Bertz CT molecular complexity index is 989. The van der Waals surface area contributed by atoms with Gasteiger partial charge in [0.25, 0.3) is 0 Å². The lowest BCUT2D eigenvalue weighted by molar-refractivity contribution is -0.122. The highest BCUT2D eigenvalue weighted by atomic mass is 16.5. The first-order chi connectivity index (χ1) is 16.4. The number of hydrogen-bond acceptors (Lipinski definition) is 6. The van der Waals surface area contributed by atoms with Crippen LogP contribution in [-0.4, -0.2) is 65.7 Å². The number of rotatable bonds is 8. The lowest BCUT2D eigenvalue weighted by Gasteiger charge is -2.29. The van der Waals surface area contributed by atoms with E-state index in [1.165, 1.54) is 11.8 Å². The van der Waals surface area contributed by atoms with Gasteiger partial charge in [-0.25, -0.2) is 4.79 Å². The van der Waals surface area contributed by atoms with E-state index in [2.05, 4.69) is 41.3 Å². The van der Waals surface area contributed by atoms with Crippen LogP contribution in [0.3, 0.4) is 0 Å². The number of aromatic nitrogens is 2. The van der Waals surface area contributed by atoms with Crippen molar-refractivity contribution in [3.05, 3.63) is 42.2 Å². The summed E-state index contributed by atoms with van der Waals surface area (Å²) in [6.07, 6.45) is 6.40. The van der Waals surface area contributed by atoms with Gasteiger partial charge in [-0.15, -0.1) is 0 Å². The molecular weight excluding hydrogens is 434 g/mol. The SMILES string of the molecule is COc1cncc(OC2CCC(NC(=O)CN3CCN(c4ccc(C(C)C)cc4)C3=O)CC2)n1. The first-order valence-corrected chi connectivity index (χ1v) is 11.9. The van der Waals surface area contributed by atoms with Gasteiger partial charge < -0.3 is 19.7 Å². The van der Waals surface area contributed by atoms with Crippen molar-refractivity contribution in [3.8, 4) is 11.8 Å². The minimum Gasteiger partial charge on any atom is -0.480 e. The largest absolute Gasteiger partial charge is 0.480 e. The van der Waals surface area contributed by atoms with Crippen molar-refractivity contribution in [2.75, 3.05) is 31.6 Å². The van der Waals surface area contributed by atoms with Gasteiger partial charge in [0, 0.05) is 24.8 Å². The molecule has 34 heavy (non-hydrogen) atoms. The Kier molecular flexibility index (Phi) is 7.49. The number of methoxy groups -OCH3 is 1. The van der Waals surface area contributed by atoms with Crippen LogP contribution in [0.5, 0.6) is 11.8 Å². The van der Waals surface area contributed by atoms with E-state index in [1.54, 1.807) is 23.1 Å². The summed E-state index contributed by atoms with van der Waals surface area (Å²) in [7, 11) is 1.54. The molecule has 2 aromatic rings. The smallest absolute Gasteiger partial charge is 0.325 e. The maximum Gasteiger partial charge on any atom is 0.325 e. The summed E-state index contributed by atoms with van der Waals surface area (Å²) in [5.74, 6) is 1.19. The molecule has 9 heteroatoms. The standard InChI is InChI=1S/C25H33N5O4/c1-17(2)18-4-8-20(9-5-18)30-13-12-29(25(30)32)16-22(31)27-19-6-10-21(11-7-19)34-24-15-26-14-23(28-24)33-3/h4-5,8-9,14-15,17,19,21H,6-7,10-13,16H2,1-3H3,(H,27,31). The maximum atomic E-state index is 12.9. The number of nitrogens with zero attached hydrogens (tertiary/aromatic N) is 4. The Morgan fingerprint density at radius 1 is 1.09 bits per heavy atom. The highest BCUT2D eigenvalue weighted by Gasteiger charge is 2.32. The van der Waals surface area contributed by atoms with Crippen molar-refractivity contribution >= 4 is 17.6 Å². The summed E-state index contributed by atoms with van der Waals surface area (Å²) in [4.78, 5) is 37.1. The second-order valence-electron chi connectivity index (χ2n) is 9.16. The predicted octanol–water partition coefficient (Wildman–Crippen LogP) is 3.36. The molecule has 182 valence electrons. The van der Waals surface area contributed by atoms with Crippen LogP contribution in [0.2, 0.25) is 0 Å². The molecule has 1 aromatic heterocycles. The number of urea groups is 1. The van der Waals surface area contributed by atoms with Crippen molar-refractivity contribution in [2.45, 2.75) is 57.6 Å². The number of benzene rings is 1. The first-order valence-electron chi connectivity index (χ1n) is 11.9. The van der Waals surface area contributed by atoms with Crippen LogP contribution >= 0.6 is 0 Å². The number of anilines is 1. The molecule has 0 spiro atoms. The van der Waals surface area contributed by atoms with Gasteiger partial charge in [-0.05, 0) is 49.3 Å². The molecule has 1 aromatic carbocycles. The molecule has 1 N–H and O–H groups in total. The van der Waals surface area contributed by atoms with E-state index in [-0.39, 0.29) is 30.6 Å². The molecule has 1 aliphatic carbocycles. The zero-order valence-electron chi connectivity index (χ0n) is 20.1. The molecule has 3 amide bonds. The summed E-state index contributed by atoms with van der Waals surface area (Å²) in [6, 6.07) is 8.04. The van der Waals surface area contributed by atoms with Gasteiger partial charge in [0.05, 0.1) is 19.5 Å². The summed E-state index contributed by atoms with van der Waals surface area (Å²) < 4.78 is 11.0. The fourth-order valence-electron chi connectivity index (χ4n) is 4.44. The van der Waals surface area contributed by atoms with E-state index in [4.69, 9.17) is 9.47 Å². The van der Waals surface area contributed by atoms with Crippen molar-refractivity contribution in [1.82, 2.24) is 20.2 Å². The van der Waals surface area contributed by atoms with Crippen LogP contribution in [0.1, 0.15) is 51.0 Å². The van der Waals surface area contributed by atoms with Crippen LogP contribution in [0.4, 0.5) is 10.5 Å². The third kappa shape index (κ3) is 5.76. The zero-order chi connectivity index (χ0) is 24.1. The monoisotopic (exact) mass is 467 g/mol. The average molecular weight is 468 g/mol. The van der Waals surface area contributed by atoms with Gasteiger partial charge in [0.15, 0.2) is 0 Å². The molecule has 0 radical (unpaired) electrons. The highest BCUT2D eigenvalue weighted by Crippen LogP contribution is 2.25. The molecule has 1 saturated carbocycles. The lowest BCUT2D eigenvalue weighted by atomic mass is 9.93. The third-order valence-electron chi connectivity index (χ3n) is 6.43. The number of hydrogen-bond donors (Lipinski definition) is 1. The van der Waals surface area contributed by atoms with Crippen LogP contribution in [-0.2, 0) is 4.79 Å². The number of carbonyl (C=O) groups is 2. The molecule has 2 heterocycles. The summed E-state index contributed by atoms with van der Waals surface area (Å²) >= 11 is 0. The van der Waals surface area contributed by atoms with Crippen LogP contribution in [0.15, 0.2) is 36.7 Å². The molecule has 4 rings (SSSR count). The molecular formula is C25H33N5O4. The number of carbonyl (C=O) groups excluding carboxylic acids is 2. The van der Waals surface area contributed by atoms with Crippen LogP contribution in [0.25, 0.3) is 0 Å². The normalized spacial score (nSPS) is 20.5. The van der Waals surface area contributed by atoms with Gasteiger partial charge in [-0.2, -0.15) is 4.98 Å². The fraction of sp³-hybridized carbons (Fsp3) is 0.520. The Balaban J connectivity index is 1.21. The maximum absolute atomic E-state index is 12.9. The summed E-state index contributed by atoms with van der Waals surface area (Å²) in [6.45, 7) is 5.49. The molecule has 1 aliphatic heterocycles. The van der Waals surface area contributed by atoms with E-state index in [0.717, 1.165) is 31.4 Å². The Morgan fingerprint density at radius 3 is 2.47 bits per heavy atom. The number of nitrogens with one attached hydrogen (secondary N) is 1. The molecule has 0 bridgehead atoms. The average Bonchev–Trinajstić information content (AvgIpc) is 3.20. The highest BCUT2D eigenvalue weighted by molar-refractivity contribution is 5.96. The Morgan fingerprint density at radius 2 is 1.79 bits per heavy atom. The second kappa shape index (κ2) is 10.7. The van der Waals surface area contributed by atoms with Gasteiger partial charge in [0.2, 0.25) is 17.7 Å². The minimum atomic E-state index is -0.121. The van der Waals surface area contributed by atoms with Gasteiger partial charge in [-0.1, -0.05) is 26.0 Å². The van der Waals surface area contributed by atoms with Crippen molar-refractivity contribution in [3.63, 3.8) is 0 Å².